The summed E-state index contributed by atoms with van der Waals surface area (Å²) in [5, 5.41) is 8.82. The molecule has 1 atom stereocenters. The van der Waals surface area contributed by atoms with Gasteiger partial charge in [0.15, 0.2) is 0 Å². The van der Waals surface area contributed by atoms with Crippen molar-refractivity contribution in [2.45, 2.75) is 75.9 Å². The molecular formula is C29H41ClN4. The standard InChI is InChI=1S/C29H40N4.ClH/c1-21-5-4-6-22(19-21)26(15-18-32-24-11-9-23(30)10-12-24)28-20-33(25-13-16-31-17-14-25)29-8-3-2-7-27(28)29;/h2-8,19-20,23-26,31-32H,9-18,30H2,1H3;1H. The zero-order valence-corrected chi connectivity index (χ0v) is 21.3. The van der Waals surface area contributed by atoms with E-state index in [1.54, 1.807) is 0 Å². The van der Waals surface area contributed by atoms with Crippen LogP contribution in [-0.2, 0) is 0 Å². The summed E-state index contributed by atoms with van der Waals surface area (Å²) in [4.78, 5) is 0. The molecule has 0 spiro atoms. The molecular weight excluding hydrogens is 440 g/mol. The number of rotatable bonds is 7. The fraction of sp³-hybridized carbons (Fsp3) is 0.517. The Balaban J connectivity index is 0.00000274. The van der Waals surface area contributed by atoms with Gasteiger partial charge in [-0.3, -0.25) is 0 Å². The van der Waals surface area contributed by atoms with E-state index >= 15 is 0 Å². The predicted octanol–water partition coefficient (Wildman–Crippen LogP) is 5.68. The fourth-order valence-electron chi connectivity index (χ4n) is 6.04. The average Bonchev–Trinajstić information content (AvgIpc) is 3.23. The van der Waals surface area contributed by atoms with E-state index in [9.17, 15) is 0 Å². The van der Waals surface area contributed by atoms with Gasteiger partial charge in [-0.15, -0.1) is 12.4 Å². The molecule has 2 heterocycles. The molecule has 1 saturated carbocycles. The van der Waals surface area contributed by atoms with Crippen molar-refractivity contribution in [1.82, 2.24) is 15.2 Å². The van der Waals surface area contributed by atoms with Crippen molar-refractivity contribution in [2.75, 3.05) is 19.6 Å². The van der Waals surface area contributed by atoms with Crippen LogP contribution in [-0.4, -0.2) is 36.3 Å². The number of hydrogen-bond acceptors (Lipinski definition) is 3. The molecule has 4 N–H and O–H groups in total. The summed E-state index contributed by atoms with van der Waals surface area (Å²) in [6.45, 7) is 5.49. The Bertz CT molecular complexity index is 1050. The molecule has 2 aliphatic rings. The van der Waals surface area contributed by atoms with Gasteiger partial charge in [0, 0.05) is 41.1 Å². The van der Waals surface area contributed by atoms with Crippen LogP contribution in [0.25, 0.3) is 10.9 Å². The van der Waals surface area contributed by atoms with Crippen molar-refractivity contribution in [1.29, 1.82) is 0 Å². The van der Waals surface area contributed by atoms with Gasteiger partial charge >= 0.3 is 0 Å². The second kappa shape index (κ2) is 11.7. The highest BCUT2D eigenvalue weighted by Gasteiger charge is 2.24. The number of aryl methyl sites for hydroxylation is 1. The summed E-state index contributed by atoms with van der Waals surface area (Å²) in [6.07, 6.45) is 10.8. The van der Waals surface area contributed by atoms with Crippen LogP contribution in [0.5, 0.6) is 0 Å². The third kappa shape index (κ3) is 5.68. The molecule has 1 aromatic heterocycles. The van der Waals surface area contributed by atoms with E-state index in [1.165, 1.54) is 53.3 Å². The lowest BCUT2D eigenvalue weighted by molar-refractivity contribution is 0.340. The largest absolute Gasteiger partial charge is 0.344 e. The Hall–Kier alpha value is -1.85. The minimum Gasteiger partial charge on any atom is -0.344 e. The number of hydrogen-bond donors (Lipinski definition) is 3. The third-order valence-corrected chi connectivity index (χ3v) is 7.93. The maximum Gasteiger partial charge on any atom is 0.0485 e. The van der Waals surface area contributed by atoms with Crippen LogP contribution in [0.1, 0.15) is 73.6 Å². The van der Waals surface area contributed by atoms with E-state index in [1.807, 2.05) is 0 Å². The van der Waals surface area contributed by atoms with Crippen LogP contribution in [0, 0.1) is 6.92 Å². The zero-order valence-electron chi connectivity index (χ0n) is 20.5. The lowest BCUT2D eigenvalue weighted by atomic mass is 9.87. The molecule has 0 radical (unpaired) electrons. The maximum atomic E-state index is 6.12. The minimum atomic E-state index is 0. The third-order valence-electron chi connectivity index (χ3n) is 7.93. The summed E-state index contributed by atoms with van der Waals surface area (Å²) >= 11 is 0. The lowest BCUT2D eigenvalue weighted by Gasteiger charge is -2.28. The number of benzene rings is 2. The highest BCUT2D eigenvalue weighted by molar-refractivity contribution is 5.85. The molecule has 3 aromatic rings. The van der Waals surface area contributed by atoms with Crippen LogP contribution in [0.3, 0.4) is 0 Å². The number of nitrogens with two attached hydrogens (primary N) is 1. The average molecular weight is 481 g/mol. The Labute approximate surface area is 211 Å². The van der Waals surface area contributed by atoms with Crippen molar-refractivity contribution in [2.24, 2.45) is 5.73 Å². The summed E-state index contributed by atoms with van der Waals surface area (Å²) in [5.74, 6) is 0.399. The van der Waals surface area contributed by atoms with Gasteiger partial charge in [0.05, 0.1) is 0 Å². The molecule has 0 amide bonds. The van der Waals surface area contributed by atoms with Crippen LogP contribution >= 0.6 is 12.4 Å². The maximum absolute atomic E-state index is 6.12. The summed E-state index contributed by atoms with van der Waals surface area (Å²) in [6, 6.07) is 19.8. The first-order chi connectivity index (χ1) is 16.2. The van der Waals surface area contributed by atoms with Crippen LogP contribution < -0.4 is 16.4 Å². The number of nitrogens with one attached hydrogen (secondary N) is 2. The van der Waals surface area contributed by atoms with Crippen molar-refractivity contribution >= 4 is 23.3 Å². The molecule has 2 aromatic carbocycles. The molecule has 1 saturated heterocycles. The molecule has 184 valence electrons. The Kier molecular flexibility index (Phi) is 8.70. The summed E-state index contributed by atoms with van der Waals surface area (Å²) < 4.78 is 2.59. The first-order valence-electron chi connectivity index (χ1n) is 13.0. The van der Waals surface area contributed by atoms with Crippen LogP contribution in [0.4, 0.5) is 0 Å². The van der Waals surface area contributed by atoms with Gasteiger partial charge in [-0.1, -0.05) is 48.0 Å². The molecule has 1 aliphatic carbocycles. The van der Waals surface area contributed by atoms with Gasteiger partial charge < -0.3 is 20.9 Å². The van der Waals surface area contributed by atoms with Crippen molar-refractivity contribution in [3.63, 3.8) is 0 Å². The highest BCUT2D eigenvalue weighted by atomic mass is 35.5. The number of halogens is 1. The van der Waals surface area contributed by atoms with Crippen LogP contribution in [0.15, 0.2) is 54.7 Å². The molecule has 1 unspecified atom stereocenters. The van der Waals surface area contributed by atoms with Gasteiger partial charge in [0.2, 0.25) is 0 Å². The second-order valence-electron chi connectivity index (χ2n) is 10.3. The van der Waals surface area contributed by atoms with Gasteiger partial charge in [0.1, 0.15) is 0 Å². The quantitative estimate of drug-likeness (QED) is 0.408. The van der Waals surface area contributed by atoms with Gasteiger partial charge in [-0.05, 0) is 88.7 Å². The molecule has 5 rings (SSSR count). The number of para-hydroxylation sites is 1. The van der Waals surface area contributed by atoms with E-state index < -0.39 is 0 Å². The van der Waals surface area contributed by atoms with Gasteiger partial charge in [-0.25, -0.2) is 0 Å². The number of nitrogens with zero attached hydrogens (tertiary/aromatic N) is 1. The van der Waals surface area contributed by atoms with E-state index in [0.717, 1.165) is 38.9 Å². The molecule has 5 heteroatoms. The van der Waals surface area contributed by atoms with E-state index in [4.69, 9.17) is 5.73 Å². The Morgan fingerprint density at radius 3 is 2.53 bits per heavy atom. The molecule has 4 nitrogen and oxygen atoms in total. The molecule has 1 aliphatic heterocycles. The number of fused-ring (bicyclic) bond motifs is 1. The minimum absolute atomic E-state index is 0. The fourth-order valence-corrected chi connectivity index (χ4v) is 6.04. The van der Waals surface area contributed by atoms with Gasteiger partial charge in [0.25, 0.3) is 0 Å². The first kappa shape index (κ1) is 25.2. The van der Waals surface area contributed by atoms with Crippen LogP contribution in [0.2, 0.25) is 0 Å². The second-order valence-corrected chi connectivity index (χ2v) is 10.3. The highest BCUT2D eigenvalue weighted by Crippen LogP contribution is 2.37. The van der Waals surface area contributed by atoms with E-state index in [-0.39, 0.29) is 12.4 Å². The monoisotopic (exact) mass is 480 g/mol. The van der Waals surface area contributed by atoms with Gasteiger partial charge in [-0.2, -0.15) is 0 Å². The molecule has 2 fully saturated rings. The summed E-state index contributed by atoms with van der Waals surface area (Å²) in [5.41, 5.74) is 11.8. The van der Waals surface area contributed by atoms with Crippen molar-refractivity contribution < 1.29 is 0 Å². The predicted molar refractivity (Wildman–Crippen MR) is 146 cm³/mol. The SMILES string of the molecule is Cc1cccc(C(CCNC2CCC(N)CC2)c2cn(C3CCNCC3)c3ccccc23)c1.Cl. The normalized spacial score (nSPS) is 22.4. The number of piperidine rings is 1. The van der Waals surface area contributed by atoms with E-state index in [0.29, 0.717) is 24.0 Å². The molecule has 34 heavy (non-hydrogen) atoms. The topological polar surface area (TPSA) is 55.0 Å². The Morgan fingerprint density at radius 1 is 1.00 bits per heavy atom. The molecule has 0 bridgehead atoms. The zero-order chi connectivity index (χ0) is 22.6. The van der Waals surface area contributed by atoms with E-state index in [2.05, 4.69) is 76.9 Å². The van der Waals surface area contributed by atoms with Crippen molar-refractivity contribution in [3.05, 3.63) is 71.4 Å². The smallest absolute Gasteiger partial charge is 0.0485 e. The Morgan fingerprint density at radius 2 is 1.76 bits per heavy atom. The number of aromatic nitrogens is 1. The first-order valence-corrected chi connectivity index (χ1v) is 13.0. The van der Waals surface area contributed by atoms with Crippen molar-refractivity contribution in [3.8, 4) is 0 Å². The lowest BCUT2D eigenvalue weighted by Crippen LogP contribution is -2.38. The summed E-state index contributed by atoms with van der Waals surface area (Å²) in [7, 11) is 0.